The number of carbonyl (C=O) groups excluding carboxylic acids is 1. The third-order valence-electron chi connectivity index (χ3n) is 4.89. The molecule has 0 aliphatic carbocycles. The van der Waals surface area contributed by atoms with Gasteiger partial charge in [0.2, 0.25) is 6.29 Å². The van der Waals surface area contributed by atoms with Crippen LogP contribution in [-0.2, 0) is 28.7 Å². The van der Waals surface area contributed by atoms with E-state index < -0.39 is 85.8 Å². The third kappa shape index (κ3) is 6.88. The minimum absolute atomic E-state index is 0.361. The van der Waals surface area contributed by atoms with E-state index in [1.165, 1.54) is 12.1 Å². The summed E-state index contributed by atoms with van der Waals surface area (Å²) in [4.78, 5) is 49.0. The number of esters is 1. The molecular weight excluding hydrogens is 421 g/mol. The molecule has 1 aliphatic rings. The number of carbonyl (C=O) groups is 4. The van der Waals surface area contributed by atoms with Crippen molar-refractivity contribution in [2.75, 3.05) is 6.61 Å². The van der Waals surface area contributed by atoms with Crippen molar-refractivity contribution in [1.29, 1.82) is 0 Å². The predicted octanol–water partition coefficient (Wildman–Crippen LogP) is 1.16. The van der Waals surface area contributed by atoms with Crippen molar-refractivity contribution in [1.82, 2.24) is 4.98 Å². The van der Waals surface area contributed by atoms with Crippen molar-refractivity contribution in [3.05, 3.63) is 24.3 Å². The molecule has 0 unspecified atom stereocenters. The predicted molar refractivity (Wildman–Crippen MR) is 97.3 cm³/mol. The molecule has 0 radical (unpaired) electrons. The van der Waals surface area contributed by atoms with Gasteiger partial charge in [0, 0.05) is 31.4 Å². The Hall–Kier alpha value is -3.28. The van der Waals surface area contributed by atoms with Crippen LogP contribution in [0.1, 0.15) is 26.2 Å². The molecule has 0 aromatic carbocycles. The average molecular weight is 443 g/mol. The molecule has 1 aromatic rings. The molecule has 1 fully saturated rings. The summed E-state index contributed by atoms with van der Waals surface area (Å²) in [5, 5.41) is 28.0. The first-order valence-corrected chi connectivity index (χ1v) is 9.29. The van der Waals surface area contributed by atoms with Gasteiger partial charge in [-0.15, -0.1) is 0 Å². The van der Waals surface area contributed by atoms with E-state index in [-0.39, 0.29) is 5.75 Å². The average Bonchev–Trinajstić information content (AvgIpc) is 2.65. The smallest absolute Gasteiger partial charge is 0.303 e. The van der Waals surface area contributed by atoms with Crippen LogP contribution >= 0.6 is 0 Å². The quantitative estimate of drug-likeness (QED) is 0.350. The lowest BCUT2D eigenvalue weighted by Gasteiger charge is -2.45. The van der Waals surface area contributed by atoms with Crippen LogP contribution in [0.3, 0.4) is 0 Å². The van der Waals surface area contributed by atoms with E-state index in [0.717, 1.165) is 13.1 Å². The number of carboxylic acids is 3. The van der Waals surface area contributed by atoms with E-state index in [1.807, 2.05) is 0 Å². The van der Waals surface area contributed by atoms with Crippen molar-refractivity contribution in [2.24, 2.45) is 17.8 Å². The molecule has 170 valence electrons. The fraction of sp³-hybridized carbons (Fsp3) is 0.526. The van der Waals surface area contributed by atoms with E-state index in [9.17, 15) is 38.9 Å². The lowest BCUT2D eigenvalue weighted by Crippen LogP contribution is -2.53. The highest BCUT2D eigenvalue weighted by molar-refractivity contribution is 5.70. The first-order valence-electron chi connectivity index (χ1n) is 9.29. The first kappa shape index (κ1) is 24.0. The first-order chi connectivity index (χ1) is 14.6. The van der Waals surface area contributed by atoms with Gasteiger partial charge in [-0.25, -0.2) is 4.98 Å². The molecule has 11 nitrogen and oxygen atoms in total. The monoisotopic (exact) mass is 443 g/mol. The maximum absolute atomic E-state index is 14.0. The Labute approximate surface area is 175 Å². The lowest BCUT2D eigenvalue weighted by molar-refractivity contribution is -0.237. The second-order valence-corrected chi connectivity index (χ2v) is 7.04. The van der Waals surface area contributed by atoms with Gasteiger partial charge in [-0.1, -0.05) is 0 Å². The molecule has 0 spiro atoms. The highest BCUT2D eigenvalue weighted by Gasteiger charge is 2.49. The minimum Gasteiger partial charge on any atom is -0.481 e. The number of aromatic nitrogens is 1. The summed E-state index contributed by atoms with van der Waals surface area (Å²) in [6, 6.07) is 2.59. The van der Waals surface area contributed by atoms with Gasteiger partial charge in [0.15, 0.2) is 5.75 Å². The third-order valence-corrected chi connectivity index (χ3v) is 4.89. The highest BCUT2D eigenvalue weighted by Crippen LogP contribution is 2.42. The van der Waals surface area contributed by atoms with Crippen molar-refractivity contribution in [2.45, 2.75) is 38.6 Å². The molecule has 0 saturated carbocycles. The molecule has 1 saturated heterocycles. The van der Waals surface area contributed by atoms with Crippen LogP contribution in [0.15, 0.2) is 18.3 Å². The van der Waals surface area contributed by atoms with Crippen LogP contribution in [0.2, 0.25) is 0 Å². The standard InChI is InChI=1S/C19H22FNO10/c1-9(22)29-8-14-11(6-16(25)26)10(5-15(23)24)12(7-17(27)28)19(31-14)30-13-3-2-4-21-18(13)20/h2-4,10-12,14,19H,5-8H2,1H3,(H,23,24)(H,25,26)(H,27,28)/t10-,11-,12+,14-,19+/m0/s1. The number of aliphatic carboxylic acids is 3. The SMILES string of the molecule is CC(=O)OC[C@@H]1O[C@@H](Oc2cccnc2F)[C@H](CC(=O)O)[C@@H](CC(=O)O)[C@@H]1CC(=O)O. The number of pyridine rings is 1. The molecule has 1 aliphatic heterocycles. The summed E-state index contributed by atoms with van der Waals surface area (Å²) in [5.41, 5.74) is 0. The summed E-state index contributed by atoms with van der Waals surface area (Å²) in [6.45, 7) is 0.703. The molecule has 5 atom stereocenters. The number of ether oxygens (including phenoxy) is 3. The zero-order valence-electron chi connectivity index (χ0n) is 16.5. The van der Waals surface area contributed by atoms with E-state index >= 15 is 0 Å². The largest absolute Gasteiger partial charge is 0.481 e. The summed E-state index contributed by atoms with van der Waals surface area (Å²) in [5.74, 6) is -9.10. The van der Waals surface area contributed by atoms with Crippen LogP contribution in [0.4, 0.5) is 4.39 Å². The normalized spacial score (nSPS) is 25.4. The van der Waals surface area contributed by atoms with Crippen molar-refractivity contribution in [3.8, 4) is 5.75 Å². The van der Waals surface area contributed by atoms with E-state index in [2.05, 4.69) is 4.98 Å². The van der Waals surface area contributed by atoms with Gasteiger partial charge in [-0.05, 0) is 18.1 Å². The number of carboxylic acid groups (broad SMARTS) is 3. The Bertz CT molecular complexity index is 832. The number of halogens is 1. The van der Waals surface area contributed by atoms with Crippen LogP contribution < -0.4 is 4.74 Å². The van der Waals surface area contributed by atoms with Gasteiger partial charge < -0.3 is 29.5 Å². The Balaban J connectivity index is 2.46. The molecular formula is C19H22FNO10. The summed E-state index contributed by atoms with van der Waals surface area (Å²) in [6.07, 6.45) is -3.19. The van der Waals surface area contributed by atoms with Gasteiger partial charge in [0.1, 0.15) is 6.61 Å². The van der Waals surface area contributed by atoms with Crippen LogP contribution in [-0.4, -0.2) is 63.2 Å². The number of hydrogen-bond acceptors (Lipinski definition) is 8. The summed E-state index contributed by atoms with van der Waals surface area (Å²) >= 11 is 0. The van der Waals surface area contributed by atoms with Crippen LogP contribution in [0, 0.1) is 23.7 Å². The molecule has 2 rings (SSSR count). The van der Waals surface area contributed by atoms with E-state index in [0.29, 0.717) is 0 Å². The maximum atomic E-state index is 14.0. The van der Waals surface area contributed by atoms with Gasteiger partial charge in [0.25, 0.3) is 5.95 Å². The molecule has 1 aromatic heterocycles. The van der Waals surface area contributed by atoms with Gasteiger partial charge in [-0.3, -0.25) is 19.2 Å². The fourth-order valence-electron chi connectivity index (χ4n) is 3.67. The summed E-state index contributed by atoms with van der Waals surface area (Å²) in [7, 11) is 0. The number of hydrogen-bond donors (Lipinski definition) is 3. The van der Waals surface area contributed by atoms with Crippen LogP contribution in [0.25, 0.3) is 0 Å². The Morgan fingerprint density at radius 3 is 2.16 bits per heavy atom. The van der Waals surface area contributed by atoms with Gasteiger partial charge in [-0.2, -0.15) is 4.39 Å². The number of rotatable bonds is 10. The Morgan fingerprint density at radius 2 is 1.61 bits per heavy atom. The molecule has 0 amide bonds. The fourth-order valence-corrected chi connectivity index (χ4v) is 3.67. The minimum atomic E-state index is -1.45. The maximum Gasteiger partial charge on any atom is 0.303 e. The Morgan fingerprint density at radius 1 is 1.03 bits per heavy atom. The second-order valence-electron chi connectivity index (χ2n) is 7.04. The summed E-state index contributed by atoms with van der Waals surface area (Å²) < 4.78 is 30.1. The molecule has 31 heavy (non-hydrogen) atoms. The van der Waals surface area contributed by atoms with Gasteiger partial charge >= 0.3 is 23.9 Å². The van der Waals surface area contributed by atoms with Crippen molar-refractivity contribution >= 4 is 23.9 Å². The van der Waals surface area contributed by atoms with Crippen LogP contribution in [0.5, 0.6) is 5.75 Å². The topological polar surface area (TPSA) is 170 Å². The zero-order valence-corrected chi connectivity index (χ0v) is 16.5. The molecule has 3 N–H and O–H groups in total. The van der Waals surface area contributed by atoms with Gasteiger partial charge in [0.05, 0.1) is 18.9 Å². The van der Waals surface area contributed by atoms with Crippen molar-refractivity contribution < 1.29 is 53.1 Å². The zero-order chi connectivity index (χ0) is 23.1. The molecule has 2 heterocycles. The van der Waals surface area contributed by atoms with E-state index in [4.69, 9.17) is 14.2 Å². The molecule has 0 bridgehead atoms. The van der Waals surface area contributed by atoms with E-state index in [1.54, 1.807) is 0 Å². The second kappa shape index (κ2) is 10.7. The lowest BCUT2D eigenvalue weighted by atomic mass is 9.71. The Kier molecular flexibility index (Phi) is 8.25. The highest BCUT2D eigenvalue weighted by atomic mass is 19.1. The van der Waals surface area contributed by atoms with Crippen molar-refractivity contribution in [3.63, 3.8) is 0 Å². The molecule has 12 heteroatoms. The number of nitrogens with zero attached hydrogens (tertiary/aromatic N) is 1.